The van der Waals surface area contributed by atoms with Gasteiger partial charge in [0.2, 0.25) is 0 Å². The molecule has 1 atom stereocenters. The van der Waals surface area contributed by atoms with E-state index in [0.29, 0.717) is 12.2 Å². The lowest BCUT2D eigenvalue weighted by molar-refractivity contribution is -0.117. The summed E-state index contributed by atoms with van der Waals surface area (Å²) in [6.07, 6.45) is 2.62. The third-order valence-electron chi connectivity index (χ3n) is 3.87. The highest BCUT2D eigenvalue weighted by molar-refractivity contribution is 5.75. The summed E-state index contributed by atoms with van der Waals surface area (Å²) < 4.78 is 4.15. The van der Waals surface area contributed by atoms with Crippen molar-refractivity contribution in [3.63, 3.8) is 0 Å². The summed E-state index contributed by atoms with van der Waals surface area (Å²) in [5.41, 5.74) is -0.292. The third kappa shape index (κ3) is 3.64. The molecule has 0 saturated heterocycles. The number of aryl methyl sites for hydroxylation is 1. The lowest BCUT2D eigenvalue weighted by Crippen LogP contribution is -2.41. The second kappa shape index (κ2) is 7.57. The Bertz CT molecular complexity index is 844. The highest BCUT2D eigenvalue weighted by Crippen LogP contribution is 2.09. The summed E-state index contributed by atoms with van der Waals surface area (Å²) in [5.74, 6) is -0.0843. The minimum Gasteiger partial charge on any atom is -0.392 e. The van der Waals surface area contributed by atoms with Gasteiger partial charge in [-0.1, -0.05) is 13.3 Å². The van der Waals surface area contributed by atoms with Gasteiger partial charge in [-0.2, -0.15) is 0 Å². The molecule has 0 radical (unpaired) electrons. The molecule has 2 aromatic rings. The number of carbonyl (C=O) groups is 1. The van der Waals surface area contributed by atoms with Gasteiger partial charge in [0.25, 0.3) is 5.56 Å². The maximum Gasteiger partial charge on any atom is 0.332 e. The number of Topliss-reactive ketones (excluding diaryl/α,β-unsaturated/α-hetero) is 1. The average molecular weight is 336 g/mol. The number of ketones is 1. The molecule has 2 aromatic heterocycles. The van der Waals surface area contributed by atoms with Crippen LogP contribution in [-0.4, -0.2) is 35.7 Å². The number of rotatable bonds is 8. The lowest BCUT2D eigenvalue weighted by Gasteiger charge is -2.12. The van der Waals surface area contributed by atoms with Crippen LogP contribution in [0.15, 0.2) is 15.9 Å². The molecular weight excluding hydrogens is 312 g/mol. The van der Waals surface area contributed by atoms with Gasteiger partial charge in [-0.05, 0) is 20.3 Å². The maximum absolute atomic E-state index is 12.7. The van der Waals surface area contributed by atoms with Crippen LogP contribution in [0.5, 0.6) is 0 Å². The van der Waals surface area contributed by atoms with Crippen molar-refractivity contribution >= 4 is 16.9 Å². The van der Waals surface area contributed by atoms with Crippen molar-refractivity contribution in [2.75, 3.05) is 0 Å². The van der Waals surface area contributed by atoms with E-state index in [9.17, 15) is 19.5 Å². The second-order valence-electron chi connectivity index (χ2n) is 6.11. The highest BCUT2D eigenvalue weighted by atomic mass is 16.3. The summed E-state index contributed by atoms with van der Waals surface area (Å²) in [6.45, 7) is 5.78. The SMILES string of the molecule is CCCCn1c(=O)n(CCC(C)=O)c(=O)c2c1ncn2CC(C)O. The van der Waals surface area contributed by atoms with Crippen LogP contribution in [0.25, 0.3) is 11.2 Å². The first-order chi connectivity index (χ1) is 11.4. The fraction of sp³-hybridized carbons (Fsp3) is 0.625. The van der Waals surface area contributed by atoms with Gasteiger partial charge >= 0.3 is 5.69 Å². The molecule has 0 aromatic carbocycles. The van der Waals surface area contributed by atoms with Gasteiger partial charge in [0, 0.05) is 19.5 Å². The number of aromatic nitrogens is 4. The molecule has 8 heteroatoms. The van der Waals surface area contributed by atoms with Crippen molar-refractivity contribution in [3.05, 3.63) is 27.2 Å². The van der Waals surface area contributed by atoms with Crippen molar-refractivity contribution in [2.45, 2.75) is 65.8 Å². The van der Waals surface area contributed by atoms with Gasteiger partial charge in [-0.15, -0.1) is 0 Å². The van der Waals surface area contributed by atoms with Crippen molar-refractivity contribution in [1.82, 2.24) is 18.7 Å². The van der Waals surface area contributed by atoms with Crippen LogP contribution in [0.1, 0.15) is 40.0 Å². The van der Waals surface area contributed by atoms with Crippen LogP contribution < -0.4 is 11.2 Å². The van der Waals surface area contributed by atoms with Gasteiger partial charge < -0.3 is 9.67 Å². The molecular formula is C16H24N4O4. The Balaban J connectivity index is 2.68. The smallest absolute Gasteiger partial charge is 0.332 e. The molecule has 0 aliphatic heterocycles. The molecule has 0 fully saturated rings. The highest BCUT2D eigenvalue weighted by Gasteiger charge is 2.18. The molecule has 1 N–H and O–H groups in total. The Morgan fingerprint density at radius 1 is 1.29 bits per heavy atom. The van der Waals surface area contributed by atoms with E-state index in [1.54, 1.807) is 11.5 Å². The molecule has 0 bridgehead atoms. The van der Waals surface area contributed by atoms with Crippen molar-refractivity contribution < 1.29 is 9.90 Å². The Morgan fingerprint density at radius 3 is 2.58 bits per heavy atom. The first-order valence-corrected chi connectivity index (χ1v) is 8.22. The van der Waals surface area contributed by atoms with Crippen molar-refractivity contribution in [3.8, 4) is 0 Å². The lowest BCUT2D eigenvalue weighted by atomic mass is 10.3. The molecule has 24 heavy (non-hydrogen) atoms. The van der Waals surface area contributed by atoms with Crippen LogP contribution in [0.3, 0.4) is 0 Å². The van der Waals surface area contributed by atoms with Crippen molar-refractivity contribution in [2.24, 2.45) is 0 Å². The zero-order valence-corrected chi connectivity index (χ0v) is 14.4. The van der Waals surface area contributed by atoms with E-state index >= 15 is 0 Å². The van der Waals surface area contributed by atoms with Crippen LogP contribution >= 0.6 is 0 Å². The maximum atomic E-state index is 12.7. The molecule has 2 heterocycles. The minimum atomic E-state index is -0.650. The second-order valence-corrected chi connectivity index (χ2v) is 6.11. The fourth-order valence-electron chi connectivity index (χ4n) is 2.65. The number of aliphatic hydroxyl groups is 1. The summed E-state index contributed by atoms with van der Waals surface area (Å²) in [5, 5.41) is 9.61. The average Bonchev–Trinajstić information content (AvgIpc) is 2.89. The van der Waals surface area contributed by atoms with Gasteiger partial charge in [0.1, 0.15) is 5.78 Å². The predicted octanol–water partition coefficient (Wildman–Crippen LogP) is 0.520. The van der Waals surface area contributed by atoms with Crippen molar-refractivity contribution in [1.29, 1.82) is 0 Å². The van der Waals surface area contributed by atoms with E-state index in [4.69, 9.17) is 0 Å². The van der Waals surface area contributed by atoms with Crippen LogP contribution in [0.2, 0.25) is 0 Å². The molecule has 0 saturated carbocycles. The predicted molar refractivity (Wildman–Crippen MR) is 90.1 cm³/mol. The molecule has 1 unspecified atom stereocenters. The first-order valence-electron chi connectivity index (χ1n) is 8.22. The van der Waals surface area contributed by atoms with E-state index in [1.165, 1.54) is 17.8 Å². The number of carbonyl (C=O) groups excluding carboxylic acids is 1. The zero-order chi connectivity index (χ0) is 17.9. The Labute approximate surface area is 139 Å². The Hall–Kier alpha value is -2.22. The van der Waals surface area contributed by atoms with Crippen LogP contribution in [0.4, 0.5) is 0 Å². The minimum absolute atomic E-state index is 0.0505. The number of aliphatic hydroxyl groups excluding tert-OH is 1. The van der Waals surface area contributed by atoms with E-state index < -0.39 is 17.4 Å². The third-order valence-corrected chi connectivity index (χ3v) is 3.87. The Morgan fingerprint density at radius 2 is 2.00 bits per heavy atom. The molecule has 0 aliphatic carbocycles. The number of imidazole rings is 1. The molecule has 132 valence electrons. The number of fused-ring (bicyclic) bond motifs is 1. The van der Waals surface area contributed by atoms with Gasteiger partial charge in [0.05, 0.1) is 19.0 Å². The topological polar surface area (TPSA) is 99.1 Å². The molecule has 8 nitrogen and oxygen atoms in total. The zero-order valence-electron chi connectivity index (χ0n) is 14.4. The Kier molecular flexibility index (Phi) is 5.71. The van der Waals surface area contributed by atoms with Crippen LogP contribution in [0, 0.1) is 0 Å². The summed E-state index contributed by atoms with van der Waals surface area (Å²) in [6, 6.07) is 0. The van der Waals surface area contributed by atoms with Gasteiger partial charge in [-0.25, -0.2) is 9.78 Å². The summed E-state index contributed by atoms with van der Waals surface area (Å²) in [7, 11) is 0. The fourth-order valence-corrected chi connectivity index (χ4v) is 2.65. The number of nitrogens with zero attached hydrogens (tertiary/aromatic N) is 4. The molecule has 0 amide bonds. The quantitative estimate of drug-likeness (QED) is 0.757. The van der Waals surface area contributed by atoms with Gasteiger partial charge in [0.15, 0.2) is 11.2 Å². The molecule has 0 aliphatic rings. The standard InChI is InChI=1S/C16H24N4O4/c1-4-5-7-19-14-13(18(10-17-14)9-12(3)22)15(23)20(16(19)24)8-6-11(2)21/h10,12,22H,4-9H2,1-3H3. The largest absolute Gasteiger partial charge is 0.392 e. The van der Waals surface area contributed by atoms with E-state index in [-0.39, 0.29) is 30.8 Å². The number of hydrogen-bond acceptors (Lipinski definition) is 5. The molecule has 0 spiro atoms. The summed E-state index contributed by atoms with van der Waals surface area (Å²) in [4.78, 5) is 40.9. The first kappa shape index (κ1) is 18.1. The van der Waals surface area contributed by atoms with Crippen LogP contribution in [-0.2, 0) is 24.4 Å². The van der Waals surface area contributed by atoms with E-state index in [2.05, 4.69) is 4.98 Å². The molecule has 2 rings (SSSR count). The summed E-state index contributed by atoms with van der Waals surface area (Å²) >= 11 is 0. The normalized spacial score (nSPS) is 12.7. The van der Waals surface area contributed by atoms with E-state index in [0.717, 1.165) is 17.4 Å². The van der Waals surface area contributed by atoms with E-state index in [1.807, 2.05) is 6.92 Å². The van der Waals surface area contributed by atoms with Gasteiger partial charge in [-0.3, -0.25) is 18.7 Å². The number of unbranched alkanes of at least 4 members (excludes halogenated alkanes) is 1. The monoisotopic (exact) mass is 336 g/mol. The number of hydrogen-bond donors (Lipinski definition) is 1.